The minimum atomic E-state index is -3.59. The summed E-state index contributed by atoms with van der Waals surface area (Å²) in [5, 5.41) is 2.91. The molecule has 0 spiro atoms. The number of amides is 1. The Morgan fingerprint density at radius 2 is 2.00 bits per heavy atom. The van der Waals surface area contributed by atoms with E-state index in [0.717, 1.165) is 10.2 Å². The van der Waals surface area contributed by atoms with Gasteiger partial charge in [-0.3, -0.25) is 9.78 Å². The van der Waals surface area contributed by atoms with Crippen molar-refractivity contribution < 1.29 is 13.2 Å². The number of sulfonamides is 1. The number of nitrogens with zero attached hydrogens (tertiary/aromatic N) is 2. The molecule has 0 radical (unpaired) electrons. The zero-order valence-electron chi connectivity index (χ0n) is 14.8. The van der Waals surface area contributed by atoms with Crippen molar-refractivity contribution in [1.82, 2.24) is 14.6 Å². The van der Waals surface area contributed by atoms with Gasteiger partial charge in [-0.1, -0.05) is 22.0 Å². The summed E-state index contributed by atoms with van der Waals surface area (Å²) in [4.78, 5) is 17.0. The van der Waals surface area contributed by atoms with E-state index in [1.165, 1.54) is 4.31 Å². The van der Waals surface area contributed by atoms with Crippen molar-refractivity contribution in [3.05, 3.63) is 58.8 Å². The van der Waals surface area contributed by atoms with E-state index in [-0.39, 0.29) is 23.3 Å². The van der Waals surface area contributed by atoms with E-state index in [9.17, 15) is 13.2 Å². The van der Waals surface area contributed by atoms with Gasteiger partial charge in [-0.25, -0.2) is 8.42 Å². The molecule has 0 saturated carbocycles. The van der Waals surface area contributed by atoms with Crippen LogP contribution in [0.15, 0.2) is 58.0 Å². The highest BCUT2D eigenvalue weighted by Crippen LogP contribution is 2.25. The molecule has 0 unspecified atom stereocenters. The number of piperidine rings is 1. The quantitative estimate of drug-likeness (QED) is 0.731. The molecule has 27 heavy (non-hydrogen) atoms. The monoisotopic (exact) mass is 451 g/mol. The number of pyridine rings is 1. The summed E-state index contributed by atoms with van der Waals surface area (Å²) in [5.74, 6) is -0.422. The van der Waals surface area contributed by atoms with Gasteiger partial charge in [0.1, 0.15) is 0 Å². The second kappa shape index (κ2) is 8.95. The summed E-state index contributed by atoms with van der Waals surface area (Å²) in [6, 6.07) is 12.3. The number of nitrogens with one attached hydrogen (secondary N) is 1. The van der Waals surface area contributed by atoms with E-state index < -0.39 is 10.0 Å². The lowest BCUT2D eigenvalue weighted by molar-refractivity contribution is -0.126. The lowest BCUT2D eigenvalue weighted by Crippen LogP contribution is -2.45. The Bertz CT molecular complexity index is 873. The van der Waals surface area contributed by atoms with E-state index in [4.69, 9.17) is 0 Å². The fourth-order valence-corrected chi connectivity index (χ4v) is 4.92. The largest absolute Gasteiger partial charge is 0.355 e. The molecule has 1 aliphatic heterocycles. The number of hydrogen-bond donors (Lipinski definition) is 1. The Morgan fingerprint density at radius 3 is 2.70 bits per heavy atom. The van der Waals surface area contributed by atoms with Crippen LogP contribution in [0.3, 0.4) is 0 Å². The molecular formula is C19H22BrN3O3S. The number of rotatable bonds is 6. The smallest absolute Gasteiger partial charge is 0.243 e. The van der Waals surface area contributed by atoms with Crippen LogP contribution in [0, 0.1) is 5.92 Å². The van der Waals surface area contributed by atoms with Crippen molar-refractivity contribution in [2.75, 3.05) is 19.6 Å². The fraction of sp³-hybridized carbons (Fsp3) is 0.368. The van der Waals surface area contributed by atoms with E-state index in [2.05, 4.69) is 26.2 Å². The van der Waals surface area contributed by atoms with E-state index in [1.54, 1.807) is 30.5 Å². The maximum atomic E-state index is 12.8. The summed E-state index contributed by atoms with van der Waals surface area (Å²) in [7, 11) is -3.59. The first kappa shape index (κ1) is 20.0. The van der Waals surface area contributed by atoms with Gasteiger partial charge in [0.2, 0.25) is 15.9 Å². The molecule has 3 rings (SSSR count). The Labute approximate surface area is 168 Å². The molecule has 8 heteroatoms. The van der Waals surface area contributed by atoms with Gasteiger partial charge < -0.3 is 5.32 Å². The fourth-order valence-electron chi connectivity index (χ4n) is 3.13. The molecule has 6 nitrogen and oxygen atoms in total. The van der Waals surface area contributed by atoms with Crippen molar-refractivity contribution in [3.8, 4) is 0 Å². The van der Waals surface area contributed by atoms with Crippen LogP contribution in [0.2, 0.25) is 0 Å². The molecule has 0 aliphatic carbocycles. The first-order chi connectivity index (χ1) is 13.0. The van der Waals surface area contributed by atoms with Crippen molar-refractivity contribution in [2.24, 2.45) is 5.92 Å². The third-order valence-corrected chi connectivity index (χ3v) is 7.02. The van der Waals surface area contributed by atoms with Gasteiger partial charge in [0.25, 0.3) is 0 Å². The predicted octanol–water partition coefficient (Wildman–Crippen LogP) is 2.60. The summed E-state index contributed by atoms with van der Waals surface area (Å²) >= 11 is 3.31. The highest BCUT2D eigenvalue weighted by Gasteiger charge is 2.33. The predicted molar refractivity (Wildman–Crippen MR) is 107 cm³/mol. The van der Waals surface area contributed by atoms with Crippen LogP contribution in [0.5, 0.6) is 0 Å². The molecular weight excluding hydrogens is 430 g/mol. The van der Waals surface area contributed by atoms with Gasteiger partial charge in [0, 0.05) is 42.4 Å². The Hall–Kier alpha value is -1.77. The highest BCUT2D eigenvalue weighted by atomic mass is 79.9. The zero-order valence-corrected chi connectivity index (χ0v) is 17.2. The molecule has 1 saturated heterocycles. The number of carbonyl (C=O) groups excluding carboxylic acids is 1. The third kappa shape index (κ3) is 5.15. The molecule has 1 aliphatic rings. The van der Waals surface area contributed by atoms with Gasteiger partial charge in [0.15, 0.2) is 0 Å². The van der Waals surface area contributed by atoms with Crippen LogP contribution < -0.4 is 5.32 Å². The lowest BCUT2D eigenvalue weighted by atomic mass is 9.99. The molecule has 1 atom stereocenters. The van der Waals surface area contributed by atoms with Gasteiger partial charge in [-0.15, -0.1) is 0 Å². The van der Waals surface area contributed by atoms with Crippen molar-refractivity contribution in [3.63, 3.8) is 0 Å². The second-order valence-corrected chi connectivity index (χ2v) is 9.37. The molecule has 1 aromatic heterocycles. The summed E-state index contributed by atoms with van der Waals surface area (Å²) in [5.41, 5.74) is 0.917. The standard InChI is InChI=1S/C19H22BrN3O3S/c20-16-6-8-18(9-7-16)27(25,26)23-13-3-4-15(14-23)19(24)22-12-10-17-5-1-2-11-21-17/h1-2,5-9,11,15H,3-4,10,12-14H2,(H,22,24)/t15-/m1/s1. The van der Waals surface area contributed by atoms with Crippen molar-refractivity contribution in [2.45, 2.75) is 24.2 Å². The first-order valence-corrected chi connectivity index (χ1v) is 11.1. The Kier molecular flexibility index (Phi) is 6.62. The van der Waals surface area contributed by atoms with Crippen LogP contribution in [0.1, 0.15) is 18.5 Å². The van der Waals surface area contributed by atoms with Gasteiger partial charge >= 0.3 is 0 Å². The van der Waals surface area contributed by atoms with Crippen LogP contribution >= 0.6 is 15.9 Å². The van der Waals surface area contributed by atoms with Crippen LogP contribution in [-0.4, -0.2) is 43.2 Å². The number of carbonyl (C=O) groups is 1. The average molecular weight is 452 g/mol. The minimum absolute atomic E-state index is 0.0957. The van der Waals surface area contributed by atoms with E-state index in [0.29, 0.717) is 32.4 Å². The molecule has 2 heterocycles. The second-order valence-electron chi connectivity index (χ2n) is 6.52. The third-order valence-electron chi connectivity index (χ3n) is 4.61. The Morgan fingerprint density at radius 1 is 1.22 bits per heavy atom. The lowest BCUT2D eigenvalue weighted by Gasteiger charge is -2.31. The van der Waals surface area contributed by atoms with Crippen molar-refractivity contribution >= 4 is 31.9 Å². The van der Waals surface area contributed by atoms with Gasteiger partial charge in [-0.05, 0) is 49.2 Å². The van der Waals surface area contributed by atoms with Crippen LogP contribution in [-0.2, 0) is 21.2 Å². The average Bonchev–Trinajstić information content (AvgIpc) is 2.69. The molecule has 1 amide bonds. The molecule has 1 N–H and O–H groups in total. The molecule has 144 valence electrons. The molecule has 1 aromatic carbocycles. The van der Waals surface area contributed by atoms with Gasteiger partial charge in [-0.2, -0.15) is 4.31 Å². The normalized spacial score (nSPS) is 18.2. The summed E-state index contributed by atoms with van der Waals surface area (Å²) in [6.45, 7) is 1.15. The van der Waals surface area contributed by atoms with E-state index in [1.807, 2.05) is 18.2 Å². The SMILES string of the molecule is O=C(NCCc1ccccn1)[C@@H]1CCCN(S(=O)(=O)c2ccc(Br)cc2)C1. The minimum Gasteiger partial charge on any atom is -0.355 e. The van der Waals surface area contributed by atoms with Crippen molar-refractivity contribution in [1.29, 1.82) is 0 Å². The maximum absolute atomic E-state index is 12.8. The van der Waals surface area contributed by atoms with E-state index >= 15 is 0 Å². The Balaban J connectivity index is 1.58. The number of halogens is 1. The topological polar surface area (TPSA) is 79.4 Å². The highest BCUT2D eigenvalue weighted by molar-refractivity contribution is 9.10. The van der Waals surface area contributed by atoms with Gasteiger partial charge in [0.05, 0.1) is 10.8 Å². The molecule has 0 bridgehead atoms. The number of aromatic nitrogens is 1. The van der Waals surface area contributed by atoms with Crippen LogP contribution in [0.25, 0.3) is 0 Å². The molecule has 1 fully saturated rings. The summed E-state index contributed by atoms with van der Waals surface area (Å²) in [6.07, 6.45) is 3.75. The van der Waals surface area contributed by atoms with Crippen LogP contribution in [0.4, 0.5) is 0 Å². The zero-order chi connectivity index (χ0) is 19.3. The summed E-state index contributed by atoms with van der Waals surface area (Å²) < 4.78 is 27.9. The maximum Gasteiger partial charge on any atom is 0.243 e. The number of benzene rings is 1. The molecule has 2 aromatic rings. The number of hydrogen-bond acceptors (Lipinski definition) is 4. The first-order valence-electron chi connectivity index (χ1n) is 8.90.